The Morgan fingerprint density at radius 2 is 1.88 bits per heavy atom. The number of benzene rings is 1. The van der Waals surface area contributed by atoms with Gasteiger partial charge in [-0.3, -0.25) is 5.32 Å². The third kappa shape index (κ3) is 5.73. The molecule has 186 valence electrons. The minimum Gasteiger partial charge on any atom is -0.493 e. The van der Waals surface area contributed by atoms with Gasteiger partial charge in [-0.1, -0.05) is 0 Å². The van der Waals surface area contributed by atoms with Gasteiger partial charge in [0.2, 0.25) is 5.95 Å². The zero-order chi connectivity index (χ0) is 24.1. The van der Waals surface area contributed by atoms with Gasteiger partial charge in [-0.05, 0) is 38.4 Å². The summed E-state index contributed by atoms with van der Waals surface area (Å²) in [6.07, 6.45) is 1.84. The molecule has 10 nitrogen and oxygen atoms in total. The summed E-state index contributed by atoms with van der Waals surface area (Å²) < 4.78 is 38.8. The molecule has 0 saturated carbocycles. The maximum absolute atomic E-state index is 13.6. The molecule has 0 radical (unpaired) electrons. The normalized spacial score (nSPS) is 18.2. The Bertz CT molecular complexity index is 1010. The SMILES string of the molecule is COc1cc2c(NC(=O)ON)nc(N3CCC(F)(F)CC3)nc2cc1OCCCN1CCCC1. The Hall–Kier alpha value is -2.99. The molecule has 2 aromatic rings. The highest BCUT2D eigenvalue weighted by Crippen LogP contribution is 2.36. The van der Waals surface area contributed by atoms with Gasteiger partial charge in [0.1, 0.15) is 5.82 Å². The molecule has 1 aromatic carbocycles. The fraction of sp³-hybridized carbons (Fsp3) is 0.591. The number of hydrogen-bond acceptors (Lipinski definition) is 9. The number of alkyl halides is 2. The second kappa shape index (κ2) is 10.5. The monoisotopic (exact) mass is 480 g/mol. The van der Waals surface area contributed by atoms with Crippen molar-refractivity contribution in [3.63, 3.8) is 0 Å². The lowest BCUT2D eigenvalue weighted by Crippen LogP contribution is -2.40. The first-order valence-electron chi connectivity index (χ1n) is 11.4. The number of hydrogen-bond donors (Lipinski definition) is 2. The van der Waals surface area contributed by atoms with E-state index in [1.54, 1.807) is 17.0 Å². The Balaban J connectivity index is 1.60. The molecule has 2 saturated heterocycles. The maximum Gasteiger partial charge on any atom is 0.431 e. The number of ether oxygens (including phenoxy) is 2. The molecule has 3 heterocycles. The minimum atomic E-state index is -2.71. The molecule has 1 aromatic heterocycles. The van der Waals surface area contributed by atoms with Gasteiger partial charge >= 0.3 is 6.09 Å². The Labute approximate surface area is 196 Å². The summed E-state index contributed by atoms with van der Waals surface area (Å²) in [6, 6.07) is 3.36. The number of nitrogens with zero attached hydrogens (tertiary/aromatic N) is 4. The number of rotatable bonds is 8. The molecule has 0 unspecified atom stereocenters. The van der Waals surface area contributed by atoms with Gasteiger partial charge < -0.3 is 24.1 Å². The van der Waals surface area contributed by atoms with Crippen LogP contribution in [0.3, 0.4) is 0 Å². The van der Waals surface area contributed by atoms with E-state index in [2.05, 4.69) is 25.0 Å². The van der Waals surface area contributed by atoms with Crippen molar-refractivity contribution in [1.29, 1.82) is 0 Å². The minimum absolute atomic E-state index is 0.0926. The van der Waals surface area contributed by atoms with E-state index in [1.807, 2.05) is 0 Å². The third-order valence-electron chi connectivity index (χ3n) is 6.15. The van der Waals surface area contributed by atoms with Gasteiger partial charge in [0.15, 0.2) is 11.5 Å². The largest absolute Gasteiger partial charge is 0.493 e. The number of halogens is 2. The molecule has 12 heteroatoms. The second-order valence-corrected chi connectivity index (χ2v) is 8.52. The van der Waals surface area contributed by atoms with Gasteiger partial charge in [-0.15, -0.1) is 0 Å². The predicted molar refractivity (Wildman–Crippen MR) is 123 cm³/mol. The molecule has 2 aliphatic rings. The molecular weight excluding hydrogens is 450 g/mol. The summed E-state index contributed by atoms with van der Waals surface area (Å²) >= 11 is 0. The van der Waals surface area contributed by atoms with Crippen LogP contribution in [0, 0.1) is 0 Å². The van der Waals surface area contributed by atoms with E-state index in [0.29, 0.717) is 29.0 Å². The molecule has 0 bridgehead atoms. The van der Waals surface area contributed by atoms with Gasteiger partial charge in [-0.2, -0.15) is 10.9 Å². The molecule has 0 atom stereocenters. The number of carbonyl (C=O) groups is 1. The average molecular weight is 481 g/mol. The van der Waals surface area contributed by atoms with Crippen molar-refractivity contribution in [2.75, 3.05) is 56.7 Å². The van der Waals surface area contributed by atoms with E-state index in [-0.39, 0.29) is 37.7 Å². The van der Waals surface area contributed by atoms with Crippen LogP contribution in [0.1, 0.15) is 32.1 Å². The van der Waals surface area contributed by atoms with Crippen molar-refractivity contribution < 1.29 is 27.9 Å². The number of likely N-dealkylation sites (tertiary alicyclic amines) is 1. The number of nitrogens with two attached hydrogens (primary N) is 1. The van der Waals surface area contributed by atoms with Gasteiger partial charge in [0, 0.05) is 43.9 Å². The molecule has 4 rings (SSSR count). The highest BCUT2D eigenvalue weighted by Gasteiger charge is 2.35. The highest BCUT2D eigenvalue weighted by atomic mass is 19.3. The standard InChI is InChI=1S/C22H30F2N6O4/c1-32-17-13-15-16(14-18(17)33-12-4-9-29-7-2-3-8-29)26-20(27-19(15)28-21(31)34-25)30-10-5-22(23,24)6-11-30/h13-14H,2-12,25H2,1H3,(H,26,27,28,31). The van der Waals surface area contributed by atoms with Crippen molar-refractivity contribution in [2.45, 2.75) is 38.0 Å². The summed E-state index contributed by atoms with van der Waals surface area (Å²) in [4.78, 5) is 29.1. The van der Waals surface area contributed by atoms with Crippen molar-refractivity contribution in [1.82, 2.24) is 14.9 Å². The Morgan fingerprint density at radius 1 is 1.15 bits per heavy atom. The van der Waals surface area contributed by atoms with E-state index in [1.165, 1.54) is 20.0 Å². The lowest BCUT2D eigenvalue weighted by atomic mass is 10.1. The molecule has 34 heavy (non-hydrogen) atoms. The number of methoxy groups -OCH3 is 1. The highest BCUT2D eigenvalue weighted by molar-refractivity contribution is 5.98. The van der Waals surface area contributed by atoms with E-state index in [9.17, 15) is 13.6 Å². The van der Waals surface area contributed by atoms with Crippen LogP contribution in [0.5, 0.6) is 11.5 Å². The quantitative estimate of drug-likeness (QED) is 0.434. The summed E-state index contributed by atoms with van der Waals surface area (Å²) in [6.45, 7) is 3.91. The number of carbonyl (C=O) groups excluding carboxylic acids is 1. The molecule has 2 aliphatic heterocycles. The van der Waals surface area contributed by atoms with Gasteiger partial charge in [-0.25, -0.2) is 18.6 Å². The zero-order valence-corrected chi connectivity index (χ0v) is 19.2. The number of piperidine rings is 1. The first-order valence-corrected chi connectivity index (χ1v) is 11.4. The number of amides is 1. The van der Waals surface area contributed by atoms with Crippen LogP contribution in [-0.4, -0.2) is 73.3 Å². The van der Waals surface area contributed by atoms with Crippen LogP contribution < -0.4 is 25.6 Å². The second-order valence-electron chi connectivity index (χ2n) is 8.52. The van der Waals surface area contributed by atoms with E-state index in [0.717, 1.165) is 26.1 Å². The lowest BCUT2D eigenvalue weighted by molar-refractivity contribution is -0.0222. The smallest absolute Gasteiger partial charge is 0.431 e. The lowest BCUT2D eigenvalue weighted by Gasteiger charge is -2.32. The van der Waals surface area contributed by atoms with E-state index in [4.69, 9.17) is 15.4 Å². The van der Waals surface area contributed by atoms with Crippen LogP contribution in [0.4, 0.5) is 25.3 Å². The number of fused-ring (bicyclic) bond motifs is 1. The van der Waals surface area contributed by atoms with E-state index >= 15 is 0 Å². The topological polar surface area (TPSA) is 115 Å². The fourth-order valence-electron chi connectivity index (χ4n) is 4.27. The maximum atomic E-state index is 13.6. The number of anilines is 2. The average Bonchev–Trinajstić information content (AvgIpc) is 3.34. The molecule has 1 amide bonds. The summed E-state index contributed by atoms with van der Waals surface area (Å²) in [5, 5.41) is 2.94. The number of nitrogens with one attached hydrogen (secondary N) is 1. The molecule has 2 fully saturated rings. The number of aromatic nitrogens is 2. The van der Waals surface area contributed by atoms with Crippen molar-refractivity contribution in [3.05, 3.63) is 12.1 Å². The van der Waals surface area contributed by atoms with Crippen LogP contribution >= 0.6 is 0 Å². The Morgan fingerprint density at radius 3 is 2.56 bits per heavy atom. The molecule has 0 spiro atoms. The summed E-state index contributed by atoms with van der Waals surface area (Å²) in [5.41, 5.74) is 0.463. The first-order chi connectivity index (χ1) is 16.4. The Kier molecular flexibility index (Phi) is 7.47. The summed E-state index contributed by atoms with van der Waals surface area (Å²) in [7, 11) is 1.52. The van der Waals surface area contributed by atoms with Gasteiger partial charge in [0.05, 0.1) is 19.2 Å². The fourth-order valence-corrected chi connectivity index (χ4v) is 4.27. The predicted octanol–water partition coefficient (Wildman–Crippen LogP) is 3.16. The van der Waals surface area contributed by atoms with E-state index < -0.39 is 12.0 Å². The van der Waals surface area contributed by atoms with Crippen LogP contribution in [-0.2, 0) is 4.84 Å². The zero-order valence-electron chi connectivity index (χ0n) is 19.2. The first kappa shape index (κ1) is 24.1. The van der Waals surface area contributed by atoms with Crippen molar-refractivity contribution in [3.8, 4) is 11.5 Å². The molecule has 0 aliphatic carbocycles. The van der Waals surface area contributed by atoms with Crippen LogP contribution in [0.2, 0.25) is 0 Å². The van der Waals surface area contributed by atoms with Crippen molar-refractivity contribution in [2.24, 2.45) is 5.90 Å². The summed E-state index contributed by atoms with van der Waals surface area (Å²) in [5.74, 6) is 3.57. The van der Waals surface area contributed by atoms with Crippen molar-refractivity contribution >= 4 is 28.8 Å². The molecule has 3 N–H and O–H groups in total. The molecular formula is C22H30F2N6O4. The van der Waals surface area contributed by atoms with Crippen LogP contribution in [0.15, 0.2) is 12.1 Å². The van der Waals surface area contributed by atoms with Gasteiger partial charge in [0.25, 0.3) is 5.92 Å². The van der Waals surface area contributed by atoms with Crippen LogP contribution in [0.25, 0.3) is 10.9 Å². The third-order valence-corrected chi connectivity index (χ3v) is 6.15.